The molecule has 1 fully saturated rings. The molecule has 0 amide bonds. The second-order valence-corrected chi connectivity index (χ2v) is 3.96. The Morgan fingerprint density at radius 1 is 1.33 bits per heavy atom. The summed E-state index contributed by atoms with van der Waals surface area (Å²) in [5, 5.41) is 9.25. The summed E-state index contributed by atoms with van der Waals surface area (Å²) in [6, 6.07) is 0. The lowest BCUT2D eigenvalue weighted by Gasteiger charge is -2.42. The standard InChI is InChI=1S/C12H20O6/c1-4-5-17-12-11(16-3)10(15-2)8(6-13)9(7-14)18-12/h4,6,8-12,14H,1,5,7H2,2-3H3. The lowest BCUT2D eigenvalue weighted by Crippen LogP contribution is -2.58. The van der Waals surface area contributed by atoms with E-state index in [1.807, 2.05) is 0 Å². The number of hydrogen-bond donors (Lipinski definition) is 1. The van der Waals surface area contributed by atoms with E-state index >= 15 is 0 Å². The molecule has 5 unspecified atom stereocenters. The van der Waals surface area contributed by atoms with E-state index in [0.29, 0.717) is 6.29 Å². The van der Waals surface area contributed by atoms with Crippen molar-refractivity contribution in [2.24, 2.45) is 5.92 Å². The van der Waals surface area contributed by atoms with E-state index in [2.05, 4.69) is 6.58 Å². The molecule has 0 spiro atoms. The highest BCUT2D eigenvalue weighted by Gasteiger charge is 2.46. The first-order valence-electron chi connectivity index (χ1n) is 5.73. The monoisotopic (exact) mass is 260 g/mol. The summed E-state index contributed by atoms with van der Waals surface area (Å²) in [7, 11) is 2.98. The molecule has 1 saturated heterocycles. The number of aldehydes is 1. The minimum atomic E-state index is -0.703. The predicted octanol–water partition coefficient (Wildman–Crippen LogP) is -0.249. The Morgan fingerprint density at radius 3 is 2.44 bits per heavy atom. The van der Waals surface area contributed by atoms with Crippen LogP contribution in [0.3, 0.4) is 0 Å². The molecule has 5 atom stereocenters. The topological polar surface area (TPSA) is 74.2 Å². The van der Waals surface area contributed by atoms with Crippen molar-refractivity contribution in [3.8, 4) is 0 Å². The first kappa shape index (κ1) is 15.3. The van der Waals surface area contributed by atoms with Crippen LogP contribution in [0.5, 0.6) is 0 Å². The zero-order valence-corrected chi connectivity index (χ0v) is 10.7. The lowest BCUT2D eigenvalue weighted by atomic mass is 9.90. The maximum Gasteiger partial charge on any atom is 0.187 e. The Morgan fingerprint density at radius 2 is 2.00 bits per heavy atom. The summed E-state index contributed by atoms with van der Waals surface area (Å²) in [6.07, 6.45) is -0.122. The van der Waals surface area contributed by atoms with Gasteiger partial charge in [0.15, 0.2) is 6.29 Å². The molecule has 18 heavy (non-hydrogen) atoms. The molecule has 1 aliphatic rings. The Hall–Kier alpha value is -0.790. The molecule has 0 aromatic heterocycles. The summed E-state index contributed by atoms with van der Waals surface area (Å²) in [4.78, 5) is 11.1. The second-order valence-electron chi connectivity index (χ2n) is 3.96. The Labute approximate surface area is 106 Å². The third kappa shape index (κ3) is 3.15. The quantitative estimate of drug-likeness (QED) is 0.502. The molecule has 6 nitrogen and oxygen atoms in total. The van der Waals surface area contributed by atoms with Crippen molar-refractivity contribution in [1.29, 1.82) is 0 Å². The van der Waals surface area contributed by atoms with Crippen LogP contribution in [0.4, 0.5) is 0 Å². The first-order valence-corrected chi connectivity index (χ1v) is 5.73. The number of ether oxygens (including phenoxy) is 4. The molecule has 1 heterocycles. The summed E-state index contributed by atoms with van der Waals surface area (Å²) in [5.41, 5.74) is 0. The van der Waals surface area contributed by atoms with Crippen LogP contribution in [0.1, 0.15) is 0 Å². The van der Waals surface area contributed by atoms with Crippen LogP contribution in [0.15, 0.2) is 12.7 Å². The van der Waals surface area contributed by atoms with Crippen molar-refractivity contribution in [3.63, 3.8) is 0 Å². The van der Waals surface area contributed by atoms with Gasteiger partial charge in [-0.15, -0.1) is 6.58 Å². The van der Waals surface area contributed by atoms with E-state index in [4.69, 9.17) is 18.9 Å². The maximum absolute atomic E-state index is 11.1. The molecule has 0 aromatic rings. The molecule has 0 aliphatic carbocycles. The SMILES string of the molecule is C=CCOC1OC(CO)C(C=O)C(OC)C1OC. The van der Waals surface area contributed by atoms with E-state index in [0.717, 1.165) is 0 Å². The Kier molecular flexibility index (Phi) is 6.45. The number of aliphatic hydroxyl groups is 1. The second kappa shape index (κ2) is 7.60. The highest BCUT2D eigenvalue weighted by molar-refractivity contribution is 5.56. The minimum absolute atomic E-state index is 0.283. The molecule has 0 aromatic carbocycles. The van der Waals surface area contributed by atoms with Gasteiger partial charge in [-0.05, 0) is 0 Å². The number of methoxy groups -OCH3 is 2. The van der Waals surface area contributed by atoms with Crippen LogP contribution in [0.25, 0.3) is 0 Å². The minimum Gasteiger partial charge on any atom is -0.394 e. The number of carbonyl (C=O) groups excluding carboxylic acids is 1. The van der Waals surface area contributed by atoms with E-state index in [1.165, 1.54) is 14.2 Å². The van der Waals surface area contributed by atoms with Gasteiger partial charge in [-0.1, -0.05) is 6.08 Å². The molecule has 1 rings (SSSR count). The van der Waals surface area contributed by atoms with Crippen LogP contribution in [0, 0.1) is 5.92 Å². The fraction of sp³-hybridized carbons (Fsp3) is 0.750. The highest BCUT2D eigenvalue weighted by atomic mass is 16.7. The highest BCUT2D eigenvalue weighted by Crippen LogP contribution is 2.29. The predicted molar refractivity (Wildman–Crippen MR) is 63.0 cm³/mol. The molecule has 0 bridgehead atoms. The summed E-state index contributed by atoms with van der Waals surface area (Å²) in [6.45, 7) is 3.55. The van der Waals surface area contributed by atoms with Crippen molar-refractivity contribution < 1.29 is 28.8 Å². The van der Waals surface area contributed by atoms with Gasteiger partial charge >= 0.3 is 0 Å². The fourth-order valence-corrected chi connectivity index (χ4v) is 2.09. The third-order valence-corrected chi connectivity index (χ3v) is 2.97. The Bertz CT molecular complexity index is 269. The largest absolute Gasteiger partial charge is 0.394 e. The molecule has 0 saturated carbocycles. The van der Waals surface area contributed by atoms with Gasteiger partial charge in [-0.2, -0.15) is 0 Å². The van der Waals surface area contributed by atoms with Crippen LogP contribution < -0.4 is 0 Å². The average molecular weight is 260 g/mol. The first-order chi connectivity index (χ1) is 8.73. The summed E-state index contributed by atoms with van der Waals surface area (Å²) < 4.78 is 21.5. The molecule has 1 aliphatic heterocycles. The van der Waals surface area contributed by atoms with Crippen molar-refractivity contribution in [1.82, 2.24) is 0 Å². The Balaban J connectivity index is 2.86. The van der Waals surface area contributed by atoms with E-state index < -0.39 is 30.5 Å². The maximum atomic E-state index is 11.1. The molecule has 0 radical (unpaired) electrons. The van der Waals surface area contributed by atoms with Gasteiger partial charge in [-0.25, -0.2) is 0 Å². The third-order valence-electron chi connectivity index (χ3n) is 2.97. The van der Waals surface area contributed by atoms with Crippen LogP contribution in [0.2, 0.25) is 0 Å². The van der Waals surface area contributed by atoms with Crippen molar-refractivity contribution in [2.75, 3.05) is 27.4 Å². The average Bonchev–Trinajstić information content (AvgIpc) is 2.42. The number of rotatable bonds is 7. The van der Waals surface area contributed by atoms with Gasteiger partial charge < -0.3 is 28.8 Å². The smallest absolute Gasteiger partial charge is 0.187 e. The van der Waals surface area contributed by atoms with Gasteiger partial charge in [0.05, 0.1) is 25.2 Å². The molecular weight excluding hydrogens is 240 g/mol. The van der Waals surface area contributed by atoms with Gasteiger partial charge in [0.1, 0.15) is 18.5 Å². The lowest BCUT2D eigenvalue weighted by molar-refractivity contribution is -0.290. The summed E-state index contributed by atoms with van der Waals surface area (Å²) >= 11 is 0. The number of aliphatic hydroxyl groups excluding tert-OH is 1. The van der Waals surface area contributed by atoms with Gasteiger partial charge in [-0.3, -0.25) is 0 Å². The zero-order valence-electron chi connectivity index (χ0n) is 10.7. The molecule has 1 N–H and O–H groups in total. The van der Waals surface area contributed by atoms with E-state index in [-0.39, 0.29) is 13.2 Å². The number of hydrogen-bond acceptors (Lipinski definition) is 6. The summed E-state index contributed by atoms with van der Waals surface area (Å²) in [5.74, 6) is -0.589. The zero-order chi connectivity index (χ0) is 13.5. The van der Waals surface area contributed by atoms with Gasteiger partial charge in [0, 0.05) is 14.2 Å². The van der Waals surface area contributed by atoms with Crippen molar-refractivity contribution >= 4 is 6.29 Å². The molecule has 6 heteroatoms. The van der Waals surface area contributed by atoms with E-state index in [1.54, 1.807) is 6.08 Å². The van der Waals surface area contributed by atoms with E-state index in [9.17, 15) is 9.90 Å². The molecule has 104 valence electrons. The van der Waals surface area contributed by atoms with Crippen LogP contribution in [-0.4, -0.2) is 63.4 Å². The van der Waals surface area contributed by atoms with Crippen molar-refractivity contribution in [2.45, 2.75) is 24.6 Å². The normalized spacial score (nSPS) is 36.3. The number of carbonyl (C=O) groups is 1. The van der Waals surface area contributed by atoms with Gasteiger partial charge in [0.25, 0.3) is 0 Å². The van der Waals surface area contributed by atoms with Crippen LogP contribution >= 0.6 is 0 Å². The fourth-order valence-electron chi connectivity index (χ4n) is 2.09. The van der Waals surface area contributed by atoms with Crippen LogP contribution in [-0.2, 0) is 23.7 Å². The van der Waals surface area contributed by atoms with Crippen molar-refractivity contribution in [3.05, 3.63) is 12.7 Å². The molecular formula is C12H20O6. The van der Waals surface area contributed by atoms with Gasteiger partial charge in [0.2, 0.25) is 0 Å².